The zero-order valence-corrected chi connectivity index (χ0v) is 11.5. The molecule has 2 aromatic heterocycles. The lowest BCUT2D eigenvalue weighted by molar-refractivity contribution is -0.119. The van der Waals surface area contributed by atoms with E-state index in [1.807, 2.05) is 13.8 Å². The van der Waals surface area contributed by atoms with Crippen LogP contribution < -0.4 is 5.32 Å². The largest absolute Gasteiger partial charge is 0.402 e. The topological polar surface area (TPSA) is 80.9 Å². The Morgan fingerprint density at radius 1 is 1.33 bits per heavy atom. The number of aryl methyl sites for hydroxylation is 2. The zero-order chi connectivity index (χ0) is 13.3. The second-order valence-corrected chi connectivity index (χ2v) is 5.41. The molecule has 7 heteroatoms. The number of amides is 1. The predicted octanol–water partition coefficient (Wildman–Crippen LogP) is 2.40. The summed E-state index contributed by atoms with van der Waals surface area (Å²) in [7, 11) is 0. The third kappa shape index (κ3) is 2.56. The van der Waals surface area contributed by atoms with Crippen molar-refractivity contribution in [3.63, 3.8) is 0 Å². The van der Waals surface area contributed by atoms with Gasteiger partial charge in [0.1, 0.15) is 4.88 Å². The minimum Gasteiger partial charge on any atom is -0.402 e. The molecular formula is C11H14N4O2S. The fraction of sp³-hybridized carbons (Fsp3) is 0.455. The molecule has 0 unspecified atom stereocenters. The Kier molecular flexibility index (Phi) is 3.42. The standard InChI is InChI=1S/C11H14N4O2S/c1-5(2)9(16)13-11-15-14-10(17-11)8-6(3)12-7(4)18-8/h5H,1-4H3,(H,13,15,16). The molecule has 0 aliphatic rings. The van der Waals surface area contributed by atoms with Crippen molar-refractivity contribution in [3.05, 3.63) is 10.7 Å². The first kappa shape index (κ1) is 12.7. The number of hydrogen-bond acceptors (Lipinski definition) is 6. The lowest BCUT2D eigenvalue weighted by Crippen LogP contribution is -2.17. The van der Waals surface area contributed by atoms with Crippen molar-refractivity contribution >= 4 is 23.3 Å². The van der Waals surface area contributed by atoms with E-state index < -0.39 is 0 Å². The summed E-state index contributed by atoms with van der Waals surface area (Å²) in [6, 6.07) is 0.120. The van der Waals surface area contributed by atoms with Crippen molar-refractivity contribution < 1.29 is 9.21 Å². The lowest BCUT2D eigenvalue weighted by Gasteiger charge is -2.01. The van der Waals surface area contributed by atoms with Crippen LogP contribution in [0.5, 0.6) is 0 Å². The summed E-state index contributed by atoms with van der Waals surface area (Å²) in [5, 5.41) is 11.2. The third-order valence-electron chi connectivity index (χ3n) is 2.28. The molecule has 1 amide bonds. The molecule has 6 nitrogen and oxygen atoms in total. The number of anilines is 1. The first-order chi connectivity index (χ1) is 8.47. The summed E-state index contributed by atoms with van der Waals surface area (Å²) >= 11 is 1.49. The van der Waals surface area contributed by atoms with Crippen molar-refractivity contribution in [1.29, 1.82) is 0 Å². The number of thiazole rings is 1. The summed E-state index contributed by atoms with van der Waals surface area (Å²) in [5.74, 6) is 0.104. The van der Waals surface area contributed by atoms with Crippen LogP contribution in [0.15, 0.2) is 4.42 Å². The van der Waals surface area contributed by atoms with Crippen LogP contribution in [-0.2, 0) is 4.79 Å². The van der Waals surface area contributed by atoms with Crippen LogP contribution in [-0.4, -0.2) is 21.1 Å². The number of nitrogens with one attached hydrogen (secondary N) is 1. The van der Waals surface area contributed by atoms with Gasteiger partial charge in [0.2, 0.25) is 5.91 Å². The Morgan fingerprint density at radius 2 is 2.06 bits per heavy atom. The normalized spacial score (nSPS) is 10.9. The number of rotatable bonds is 3. The van der Waals surface area contributed by atoms with E-state index in [1.165, 1.54) is 11.3 Å². The van der Waals surface area contributed by atoms with Gasteiger partial charge in [0.05, 0.1) is 10.7 Å². The highest BCUT2D eigenvalue weighted by Crippen LogP contribution is 2.29. The number of aromatic nitrogens is 3. The van der Waals surface area contributed by atoms with E-state index in [-0.39, 0.29) is 17.8 Å². The van der Waals surface area contributed by atoms with Crippen LogP contribution >= 0.6 is 11.3 Å². The van der Waals surface area contributed by atoms with Crippen LogP contribution in [0.4, 0.5) is 6.01 Å². The van der Waals surface area contributed by atoms with Gasteiger partial charge in [-0.2, -0.15) is 0 Å². The Morgan fingerprint density at radius 3 is 2.61 bits per heavy atom. The molecule has 0 aromatic carbocycles. The van der Waals surface area contributed by atoms with Gasteiger partial charge < -0.3 is 4.42 Å². The highest BCUT2D eigenvalue weighted by molar-refractivity contribution is 7.15. The first-order valence-electron chi connectivity index (χ1n) is 5.56. The Hall–Kier alpha value is -1.76. The van der Waals surface area contributed by atoms with Crippen molar-refractivity contribution in [1.82, 2.24) is 15.2 Å². The molecule has 0 radical (unpaired) electrons. The van der Waals surface area contributed by atoms with Gasteiger partial charge in [0.25, 0.3) is 5.89 Å². The maximum atomic E-state index is 11.5. The molecule has 1 N–H and O–H groups in total. The number of carbonyl (C=O) groups excluding carboxylic acids is 1. The summed E-state index contributed by atoms with van der Waals surface area (Å²) in [6.45, 7) is 7.39. The highest BCUT2D eigenvalue weighted by atomic mass is 32.1. The molecule has 0 saturated carbocycles. The minimum absolute atomic E-state index is 0.120. The van der Waals surface area contributed by atoms with Gasteiger partial charge in [0, 0.05) is 5.92 Å². The maximum Gasteiger partial charge on any atom is 0.322 e. The summed E-state index contributed by atoms with van der Waals surface area (Å²) < 4.78 is 5.40. The van der Waals surface area contributed by atoms with E-state index >= 15 is 0 Å². The van der Waals surface area contributed by atoms with Gasteiger partial charge in [-0.3, -0.25) is 10.1 Å². The molecule has 0 spiro atoms. The number of nitrogens with zero attached hydrogens (tertiary/aromatic N) is 3. The van der Waals surface area contributed by atoms with Crippen molar-refractivity contribution in [2.75, 3.05) is 5.32 Å². The van der Waals surface area contributed by atoms with E-state index in [0.29, 0.717) is 5.89 Å². The van der Waals surface area contributed by atoms with Crippen LogP contribution in [0.2, 0.25) is 0 Å². The van der Waals surface area contributed by atoms with Crippen molar-refractivity contribution in [3.8, 4) is 10.8 Å². The summed E-state index contributed by atoms with van der Waals surface area (Å²) in [6.07, 6.45) is 0. The molecule has 0 aliphatic carbocycles. The average molecular weight is 266 g/mol. The molecule has 0 fully saturated rings. The molecule has 0 atom stereocenters. The molecule has 2 heterocycles. The monoisotopic (exact) mass is 266 g/mol. The Bertz CT molecular complexity index is 573. The third-order valence-corrected chi connectivity index (χ3v) is 3.34. The number of carbonyl (C=O) groups is 1. The molecule has 0 bridgehead atoms. The Labute approximate surface area is 108 Å². The van der Waals surface area contributed by atoms with Gasteiger partial charge in [-0.25, -0.2) is 4.98 Å². The van der Waals surface area contributed by atoms with Crippen LogP contribution in [0.3, 0.4) is 0 Å². The van der Waals surface area contributed by atoms with Gasteiger partial charge >= 0.3 is 6.01 Å². The minimum atomic E-state index is -0.151. The predicted molar refractivity (Wildman–Crippen MR) is 68.3 cm³/mol. The van der Waals surface area contributed by atoms with E-state index in [9.17, 15) is 4.79 Å². The highest BCUT2D eigenvalue weighted by Gasteiger charge is 2.16. The van der Waals surface area contributed by atoms with E-state index in [4.69, 9.17) is 4.42 Å². The van der Waals surface area contributed by atoms with E-state index in [1.54, 1.807) is 13.8 Å². The van der Waals surface area contributed by atoms with E-state index in [0.717, 1.165) is 15.6 Å². The molecule has 0 saturated heterocycles. The summed E-state index contributed by atoms with van der Waals surface area (Å²) in [5.41, 5.74) is 0.850. The second-order valence-electron chi connectivity index (χ2n) is 4.20. The fourth-order valence-corrected chi connectivity index (χ4v) is 2.19. The Balaban J connectivity index is 2.20. The molecule has 2 aromatic rings. The van der Waals surface area contributed by atoms with Gasteiger partial charge in [0.15, 0.2) is 0 Å². The molecule has 0 aliphatic heterocycles. The van der Waals surface area contributed by atoms with Crippen molar-refractivity contribution in [2.45, 2.75) is 27.7 Å². The molecule has 96 valence electrons. The van der Waals surface area contributed by atoms with Gasteiger partial charge in [-0.15, -0.1) is 16.4 Å². The van der Waals surface area contributed by atoms with Crippen LogP contribution in [0.25, 0.3) is 10.8 Å². The summed E-state index contributed by atoms with van der Waals surface area (Å²) in [4.78, 5) is 16.6. The van der Waals surface area contributed by atoms with Crippen molar-refractivity contribution in [2.24, 2.45) is 5.92 Å². The quantitative estimate of drug-likeness (QED) is 0.922. The van der Waals surface area contributed by atoms with Gasteiger partial charge in [-0.1, -0.05) is 18.9 Å². The fourth-order valence-electron chi connectivity index (χ4n) is 1.34. The number of hydrogen-bond donors (Lipinski definition) is 1. The van der Waals surface area contributed by atoms with Crippen LogP contribution in [0, 0.1) is 19.8 Å². The zero-order valence-electron chi connectivity index (χ0n) is 10.6. The molecule has 18 heavy (non-hydrogen) atoms. The van der Waals surface area contributed by atoms with Crippen LogP contribution in [0.1, 0.15) is 24.5 Å². The van der Waals surface area contributed by atoms with E-state index in [2.05, 4.69) is 20.5 Å². The first-order valence-corrected chi connectivity index (χ1v) is 6.37. The smallest absolute Gasteiger partial charge is 0.322 e. The second kappa shape index (κ2) is 4.85. The van der Waals surface area contributed by atoms with Gasteiger partial charge in [-0.05, 0) is 13.8 Å². The maximum absolute atomic E-state index is 11.5. The average Bonchev–Trinajstić information content (AvgIpc) is 2.85. The SMILES string of the molecule is Cc1nc(C)c(-c2nnc(NC(=O)C(C)C)o2)s1. The lowest BCUT2D eigenvalue weighted by atomic mass is 10.2. The molecule has 2 rings (SSSR count). The molecular weight excluding hydrogens is 252 g/mol.